The highest BCUT2D eigenvalue weighted by Crippen LogP contribution is 2.35. The maximum atomic E-state index is 12.9. The van der Waals surface area contributed by atoms with Gasteiger partial charge in [0.2, 0.25) is 0 Å². The van der Waals surface area contributed by atoms with Crippen LogP contribution in [0.2, 0.25) is 0 Å². The summed E-state index contributed by atoms with van der Waals surface area (Å²) < 4.78 is 18.5. The molecule has 2 aromatic rings. The van der Waals surface area contributed by atoms with Gasteiger partial charge in [-0.1, -0.05) is 24.3 Å². The molecule has 5 nitrogen and oxygen atoms in total. The molecule has 116 valence electrons. The van der Waals surface area contributed by atoms with Crippen LogP contribution in [0.15, 0.2) is 54.3 Å². The smallest absolute Gasteiger partial charge is 0.294 e. The van der Waals surface area contributed by atoms with Gasteiger partial charge in [0.05, 0.1) is 18.2 Å². The van der Waals surface area contributed by atoms with Gasteiger partial charge < -0.3 is 14.6 Å². The van der Waals surface area contributed by atoms with Crippen molar-refractivity contribution in [3.8, 4) is 5.75 Å². The molecule has 23 heavy (non-hydrogen) atoms. The fourth-order valence-corrected chi connectivity index (χ4v) is 2.26. The number of hydrogen-bond acceptors (Lipinski definition) is 4. The standard InChI is InChI=1S/C17H12FNO4/c18-12-7-5-11(6-8-12)9-15-17(22)19(10-16(20)21)13-3-1-2-4-14(13)23-15/h1-9H,10H2,(H,20,21)/p-1. The summed E-state index contributed by atoms with van der Waals surface area (Å²) in [5.41, 5.74) is 0.917. The maximum Gasteiger partial charge on any atom is 0.294 e. The number of carboxylic acids is 1. The van der Waals surface area contributed by atoms with E-state index in [9.17, 15) is 19.1 Å². The van der Waals surface area contributed by atoms with Crippen molar-refractivity contribution >= 4 is 23.6 Å². The molecule has 0 saturated heterocycles. The second-order valence-corrected chi connectivity index (χ2v) is 4.89. The lowest BCUT2D eigenvalue weighted by molar-refractivity contribution is -0.303. The second-order valence-electron chi connectivity index (χ2n) is 4.89. The van der Waals surface area contributed by atoms with Crippen molar-refractivity contribution in [3.63, 3.8) is 0 Å². The topological polar surface area (TPSA) is 69.7 Å². The SMILES string of the molecule is O=C([O-])CN1C(=O)C(=Cc2ccc(F)cc2)Oc2ccccc21. The molecule has 6 heteroatoms. The maximum absolute atomic E-state index is 12.9. The zero-order valence-corrected chi connectivity index (χ0v) is 11.9. The lowest BCUT2D eigenvalue weighted by atomic mass is 10.1. The third kappa shape index (κ3) is 3.06. The summed E-state index contributed by atoms with van der Waals surface area (Å²) in [7, 11) is 0. The predicted molar refractivity (Wildman–Crippen MR) is 78.8 cm³/mol. The van der Waals surface area contributed by atoms with Crippen LogP contribution in [0.3, 0.4) is 0 Å². The third-order valence-electron chi connectivity index (χ3n) is 3.29. The fourth-order valence-electron chi connectivity index (χ4n) is 2.26. The largest absolute Gasteiger partial charge is 0.548 e. The highest BCUT2D eigenvalue weighted by atomic mass is 19.1. The molecule has 0 spiro atoms. The van der Waals surface area contributed by atoms with E-state index in [0.717, 1.165) is 4.90 Å². The van der Waals surface area contributed by atoms with Crippen molar-refractivity contribution in [2.75, 3.05) is 11.4 Å². The van der Waals surface area contributed by atoms with Crippen molar-refractivity contribution in [1.29, 1.82) is 0 Å². The summed E-state index contributed by atoms with van der Waals surface area (Å²) >= 11 is 0. The molecule has 3 rings (SSSR count). The third-order valence-corrected chi connectivity index (χ3v) is 3.29. The van der Waals surface area contributed by atoms with Gasteiger partial charge in [0.1, 0.15) is 5.82 Å². The van der Waals surface area contributed by atoms with Crippen LogP contribution in [0.1, 0.15) is 5.56 Å². The van der Waals surface area contributed by atoms with Gasteiger partial charge in [-0.05, 0) is 35.9 Å². The minimum Gasteiger partial charge on any atom is -0.548 e. The summed E-state index contributed by atoms with van der Waals surface area (Å²) in [6.07, 6.45) is 1.43. The van der Waals surface area contributed by atoms with E-state index in [0.29, 0.717) is 17.0 Å². The number of para-hydroxylation sites is 2. The average molecular weight is 312 g/mol. The minimum atomic E-state index is -1.38. The number of ether oxygens (including phenoxy) is 1. The first-order valence-corrected chi connectivity index (χ1v) is 6.80. The number of nitrogens with zero attached hydrogens (tertiary/aromatic N) is 1. The summed E-state index contributed by atoms with van der Waals surface area (Å²) in [5.74, 6) is -2.06. The zero-order chi connectivity index (χ0) is 16.4. The number of amides is 1. The van der Waals surface area contributed by atoms with E-state index in [-0.39, 0.29) is 5.76 Å². The number of rotatable bonds is 3. The Kier molecular flexibility index (Phi) is 3.80. The Labute approximate surface area is 131 Å². The Hall–Kier alpha value is -3.15. The Morgan fingerprint density at radius 2 is 1.87 bits per heavy atom. The number of carbonyl (C=O) groups excluding carboxylic acids is 2. The summed E-state index contributed by atoms with van der Waals surface area (Å²) in [6.45, 7) is -0.583. The number of fused-ring (bicyclic) bond motifs is 1. The van der Waals surface area contributed by atoms with Crippen molar-refractivity contribution in [2.24, 2.45) is 0 Å². The number of hydrogen-bond donors (Lipinski definition) is 0. The molecular formula is C17H11FNO4-. The van der Waals surface area contributed by atoms with E-state index in [1.807, 2.05) is 0 Å². The van der Waals surface area contributed by atoms with Crippen molar-refractivity contribution in [3.05, 3.63) is 65.7 Å². The van der Waals surface area contributed by atoms with Gasteiger partial charge in [-0.25, -0.2) is 4.39 Å². The molecule has 0 aliphatic carbocycles. The van der Waals surface area contributed by atoms with Gasteiger partial charge in [0, 0.05) is 0 Å². The normalized spacial score (nSPS) is 15.3. The van der Waals surface area contributed by atoms with Gasteiger partial charge >= 0.3 is 0 Å². The number of carboxylic acid groups (broad SMARTS) is 1. The quantitative estimate of drug-likeness (QED) is 0.802. The number of carbonyl (C=O) groups is 2. The first-order valence-electron chi connectivity index (χ1n) is 6.80. The number of anilines is 1. The van der Waals surface area contributed by atoms with Crippen LogP contribution in [0.25, 0.3) is 6.08 Å². The molecule has 0 N–H and O–H groups in total. The Bertz CT molecular complexity index is 798. The Morgan fingerprint density at radius 1 is 1.17 bits per heavy atom. The van der Waals surface area contributed by atoms with Crippen molar-refractivity contribution in [1.82, 2.24) is 0 Å². The average Bonchev–Trinajstić information content (AvgIpc) is 2.53. The number of benzene rings is 2. The Morgan fingerprint density at radius 3 is 2.57 bits per heavy atom. The molecule has 1 aliphatic rings. The molecule has 0 bridgehead atoms. The molecule has 0 radical (unpaired) electrons. The van der Waals surface area contributed by atoms with Crippen LogP contribution < -0.4 is 14.7 Å². The molecular weight excluding hydrogens is 301 g/mol. The summed E-state index contributed by atoms with van der Waals surface area (Å²) in [4.78, 5) is 24.5. The first kappa shape index (κ1) is 14.8. The summed E-state index contributed by atoms with van der Waals surface area (Å²) in [6, 6.07) is 12.1. The number of aliphatic carboxylic acids is 1. The lowest BCUT2D eigenvalue weighted by Gasteiger charge is -2.30. The minimum absolute atomic E-state index is 0.0449. The molecule has 1 aliphatic heterocycles. The van der Waals surface area contributed by atoms with Crippen molar-refractivity contribution in [2.45, 2.75) is 0 Å². The highest BCUT2D eigenvalue weighted by molar-refractivity contribution is 6.11. The van der Waals surface area contributed by atoms with Gasteiger partial charge in [-0.2, -0.15) is 0 Å². The molecule has 2 aromatic carbocycles. The number of halogens is 1. The second kappa shape index (κ2) is 5.92. The van der Waals surface area contributed by atoms with Gasteiger partial charge in [0.25, 0.3) is 5.91 Å². The summed E-state index contributed by atoms with van der Waals surface area (Å²) in [5, 5.41) is 10.9. The molecule has 0 saturated carbocycles. The molecule has 0 fully saturated rings. The zero-order valence-electron chi connectivity index (χ0n) is 11.9. The predicted octanol–water partition coefficient (Wildman–Crippen LogP) is 1.34. The van der Waals surface area contributed by atoms with E-state index >= 15 is 0 Å². The van der Waals surface area contributed by atoms with Gasteiger partial charge in [0.15, 0.2) is 11.5 Å². The van der Waals surface area contributed by atoms with Gasteiger partial charge in [-0.15, -0.1) is 0 Å². The van der Waals surface area contributed by atoms with Crippen LogP contribution in [0, 0.1) is 5.82 Å². The van der Waals surface area contributed by atoms with Crippen LogP contribution in [0.5, 0.6) is 5.75 Å². The molecule has 1 amide bonds. The van der Waals surface area contributed by atoms with Crippen LogP contribution in [-0.4, -0.2) is 18.4 Å². The van der Waals surface area contributed by atoms with Crippen LogP contribution >= 0.6 is 0 Å². The van der Waals surface area contributed by atoms with E-state index in [4.69, 9.17) is 4.74 Å². The van der Waals surface area contributed by atoms with E-state index < -0.39 is 24.2 Å². The van der Waals surface area contributed by atoms with Crippen LogP contribution in [-0.2, 0) is 9.59 Å². The molecule has 0 atom stereocenters. The monoisotopic (exact) mass is 312 g/mol. The van der Waals surface area contributed by atoms with Crippen molar-refractivity contribution < 1.29 is 23.8 Å². The molecule has 0 unspecified atom stereocenters. The Balaban J connectivity index is 2.01. The molecule has 0 aromatic heterocycles. The van der Waals surface area contributed by atoms with Crippen LogP contribution in [0.4, 0.5) is 10.1 Å². The van der Waals surface area contributed by atoms with Gasteiger partial charge in [-0.3, -0.25) is 9.69 Å². The first-order chi connectivity index (χ1) is 11.0. The molecule has 1 heterocycles. The van der Waals surface area contributed by atoms with E-state index in [2.05, 4.69) is 0 Å². The fraction of sp³-hybridized carbons (Fsp3) is 0.0588. The van der Waals surface area contributed by atoms with E-state index in [1.165, 1.54) is 30.3 Å². The van der Waals surface area contributed by atoms with E-state index in [1.54, 1.807) is 24.3 Å². The lowest BCUT2D eigenvalue weighted by Crippen LogP contribution is -2.44. The highest BCUT2D eigenvalue weighted by Gasteiger charge is 2.30.